The number of carbonyl (C=O) groups is 2. The number of unbranched alkanes of at least 4 members (excludes halogenated alkanes) is 3. The molecule has 1 aliphatic rings. The van der Waals surface area contributed by atoms with Crippen molar-refractivity contribution in [3.05, 3.63) is 34.9 Å². The number of carboxylic acid groups (broad SMARTS) is 1. The van der Waals surface area contributed by atoms with Crippen molar-refractivity contribution in [2.45, 2.75) is 38.5 Å². The first-order valence-electron chi connectivity index (χ1n) is 6.51. The van der Waals surface area contributed by atoms with Crippen molar-refractivity contribution >= 4 is 27.7 Å². The molecule has 0 spiro atoms. The van der Waals surface area contributed by atoms with Gasteiger partial charge in [0.2, 0.25) is 0 Å². The number of Topliss-reactive ketones (excluding diaryl/α,β-unsaturated/α-hetero) is 1. The average Bonchev–Trinajstić information content (AvgIpc) is 2.61. The molecule has 0 aromatic rings. The van der Waals surface area contributed by atoms with Crippen molar-refractivity contribution in [1.29, 1.82) is 0 Å². The van der Waals surface area contributed by atoms with Gasteiger partial charge in [-0.2, -0.15) is 0 Å². The van der Waals surface area contributed by atoms with E-state index in [0.29, 0.717) is 10.9 Å². The topological polar surface area (TPSA) is 54.4 Å². The normalized spacial score (nSPS) is 20.7. The molecule has 3 nitrogen and oxygen atoms in total. The SMILES string of the molecule is C=CCC1C=C(Br)C(=O)C1=CCCCCCC(=O)O. The van der Waals surface area contributed by atoms with Gasteiger partial charge in [0.15, 0.2) is 5.78 Å². The van der Waals surface area contributed by atoms with Crippen molar-refractivity contribution < 1.29 is 14.7 Å². The number of halogens is 1. The van der Waals surface area contributed by atoms with Crippen molar-refractivity contribution in [3.63, 3.8) is 0 Å². The van der Waals surface area contributed by atoms with Crippen LogP contribution in [0.4, 0.5) is 0 Å². The Balaban J connectivity index is 2.40. The molecule has 0 aromatic heterocycles. The Morgan fingerprint density at radius 1 is 1.42 bits per heavy atom. The molecule has 0 aromatic carbocycles. The number of ketones is 1. The van der Waals surface area contributed by atoms with Gasteiger partial charge in [0.25, 0.3) is 0 Å². The number of carboxylic acids is 1. The number of hydrogen-bond acceptors (Lipinski definition) is 2. The van der Waals surface area contributed by atoms with Crippen LogP contribution in [-0.4, -0.2) is 16.9 Å². The second kappa shape index (κ2) is 8.10. The van der Waals surface area contributed by atoms with Crippen LogP contribution in [0.2, 0.25) is 0 Å². The lowest BCUT2D eigenvalue weighted by Gasteiger charge is -2.06. The lowest BCUT2D eigenvalue weighted by Crippen LogP contribution is -2.03. The van der Waals surface area contributed by atoms with Crippen molar-refractivity contribution in [3.8, 4) is 0 Å². The van der Waals surface area contributed by atoms with Crippen molar-refractivity contribution in [2.24, 2.45) is 5.92 Å². The van der Waals surface area contributed by atoms with Crippen LogP contribution in [-0.2, 0) is 9.59 Å². The van der Waals surface area contributed by atoms with E-state index in [1.165, 1.54) is 0 Å². The molecule has 0 saturated carbocycles. The highest BCUT2D eigenvalue weighted by Crippen LogP contribution is 2.33. The van der Waals surface area contributed by atoms with Crippen LogP contribution in [0.15, 0.2) is 34.9 Å². The predicted molar refractivity (Wildman–Crippen MR) is 79.1 cm³/mol. The van der Waals surface area contributed by atoms with Gasteiger partial charge >= 0.3 is 5.97 Å². The fraction of sp³-hybridized carbons (Fsp3) is 0.467. The third-order valence-corrected chi connectivity index (χ3v) is 3.73. The maximum atomic E-state index is 11.9. The van der Waals surface area contributed by atoms with Gasteiger partial charge in [-0.05, 0) is 41.6 Å². The first kappa shape index (κ1) is 15.9. The van der Waals surface area contributed by atoms with E-state index in [1.807, 2.05) is 18.2 Å². The molecule has 1 N–H and O–H groups in total. The highest BCUT2D eigenvalue weighted by Gasteiger charge is 2.27. The summed E-state index contributed by atoms with van der Waals surface area (Å²) < 4.78 is 0.636. The lowest BCUT2D eigenvalue weighted by molar-refractivity contribution is -0.137. The zero-order valence-corrected chi connectivity index (χ0v) is 12.5. The fourth-order valence-electron chi connectivity index (χ4n) is 2.12. The van der Waals surface area contributed by atoms with Gasteiger partial charge in [0.1, 0.15) is 0 Å². The van der Waals surface area contributed by atoms with Crippen LogP contribution >= 0.6 is 15.9 Å². The van der Waals surface area contributed by atoms with E-state index in [0.717, 1.165) is 31.3 Å². The minimum atomic E-state index is -0.747. The lowest BCUT2D eigenvalue weighted by atomic mass is 9.97. The van der Waals surface area contributed by atoms with Crippen LogP contribution in [0, 0.1) is 5.92 Å². The molecular weight excluding hydrogens is 308 g/mol. The second-order valence-corrected chi connectivity index (χ2v) is 5.48. The van der Waals surface area contributed by atoms with E-state index < -0.39 is 5.97 Å². The Labute approximate surface area is 122 Å². The van der Waals surface area contributed by atoms with Gasteiger partial charge in [-0.25, -0.2) is 0 Å². The van der Waals surface area contributed by atoms with Crippen LogP contribution in [0.25, 0.3) is 0 Å². The largest absolute Gasteiger partial charge is 0.481 e. The molecule has 1 atom stereocenters. The molecule has 1 rings (SSSR count). The van der Waals surface area contributed by atoms with Gasteiger partial charge in [0.05, 0.1) is 4.48 Å². The molecule has 0 heterocycles. The van der Waals surface area contributed by atoms with E-state index in [9.17, 15) is 9.59 Å². The summed E-state index contributed by atoms with van der Waals surface area (Å²) in [6.07, 6.45) is 10.1. The van der Waals surface area contributed by atoms with Crippen LogP contribution in [0.1, 0.15) is 38.5 Å². The summed E-state index contributed by atoms with van der Waals surface area (Å²) in [6.45, 7) is 3.71. The summed E-state index contributed by atoms with van der Waals surface area (Å²) in [5.74, 6) is -0.542. The number of carbonyl (C=O) groups excluding carboxylic acids is 1. The number of aliphatic carboxylic acids is 1. The van der Waals surface area contributed by atoms with Gasteiger partial charge in [0, 0.05) is 17.9 Å². The molecule has 0 amide bonds. The van der Waals surface area contributed by atoms with E-state index in [4.69, 9.17) is 5.11 Å². The molecule has 1 unspecified atom stereocenters. The maximum Gasteiger partial charge on any atom is 0.303 e. The minimum Gasteiger partial charge on any atom is -0.481 e. The molecule has 104 valence electrons. The Morgan fingerprint density at radius 3 is 2.79 bits per heavy atom. The summed E-state index contributed by atoms with van der Waals surface area (Å²) in [7, 11) is 0. The van der Waals surface area contributed by atoms with E-state index >= 15 is 0 Å². The average molecular weight is 327 g/mol. The molecular formula is C15H19BrO3. The zero-order valence-electron chi connectivity index (χ0n) is 10.9. The highest BCUT2D eigenvalue weighted by atomic mass is 79.9. The predicted octanol–water partition coefficient (Wildman–Crippen LogP) is 4.00. The first-order chi connectivity index (χ1) is 9.06. The smallest absolute Gasteiger partial charge is 0.303 e. The fourth-order valence-corrected chi connectivity index (χ4v) is 2.67. The quantitative estimate of drug-likeness (QED) is 0.416. The van der Waals surface area contributed by atoms with E-state index in [1.54, 1.807) is 0 Å². The molecule has 19 heavy (non-hydrogen) atoms. The Bertz CT molecular complexity index is 421. The van der Waals surface area contributed by atoms with Crippen LogP contribution in [0.3, 0.4) is 0 Å². The summed E-state index contributed by atoms with van der Waals surface area (Å²) >= 11 is 3.28. The van der Waals surface area contributed by atoms with E-state index in [2.05, 4.69) is 22.5 Å². The summed E-state index contributed by atoms with van der Waals surface area (Å²) in [6, 6.07) is 0. The van der Waals surface area contributed by atoms with Gasteiger partial charge in [-0.15, -0.1) is 6.58 Å². The molecule has 1 aliphatic carbocycles. The molecule has 0 fully saturated rings. The summed E-state index contributed by atoms with van der Waals surface area (Å²) in [4.78, 5) is 22.3. The van der Waals surface area contributed by atoms with Gasteiger partial charge in [-0.3, -0.25) is 9.59 Å². The minimum absolute atomic E-state index is 0.0670. The van der Waals surface area contributed by atoms with Gasteiger partial charge < -0.3 is 5.11 Å². The van der Waals surface area contributed by atoms with Crippen LogP contribution < -0.4 is 0 Å². The van der Waals surface area contributed by atoms with Crippen molar-refractivity contribution in [2.75, 3.05) is 0 Å². The molecule has 0 saturated heterocycles. The number of rotatable bonds is 8. The van der Waals surface area contributed by atoms with Gasteiger partial charge in [-0.1, -0.05) is 24.6 Å². The third-order valence-electron chi connectivity index (χ3n) is 3.11. The van der Waals surface area contributed by atoms with E-state index in [-0.39, 0.29) is 18.1 Å². The Morgan fingerprint density at radius 2 is 2.16 bits per heavy atom. The first-order valence-corrected chi connectivity index (χ1v) is 7.30. The standard InChI is InChI=1S/C15H19BrO3/c1-2-7-11-10-13(16)15(19)12(11)8-5-3-4-6-9-14(17)18/h2,8,10-11H,1,3-7,9H2,(H,17,18). The number of allylic oxidation sites excluding steroid dienone is 5. The van der Waals surface area contributed by atoms with Crippen LogP contribution in [0.5, 0.6) is 0 Å². The number of hydrogen-bond donors (Lipinski definition) is 1. The Kier molecular flexibility index (Phi) is 6.78. The Hall–Kier alpha value is -1.16. The zero-order chi connectivity index (χ0) is 14.3. The second-order valence-electron chi connectivity index (χ2n) is 4.63. The summed E-state index contributed by atoms with van der Waals surface area (Å²) in [5.41, 5.74) is 0.838. The molecule has 0 bridgehead atoms. The molecule has 4 heteroatoms. The third kappa shape index (κ3) is 5.15. The summed E-state index contributed by atoms with van der Waals surface area (Å²) in [5, 5.41) is 8.52. The maximum absolute atomic E-state index is 11.9. The highest BCUT2D eigenvalue weighted by molar-refractivity contribution is 9.12. The molecule has 0 aliphatic heterocycles. The van der Waals surface area contributed by atoms with Crippen molar-refractivity contribution in [1.82, 2.24) is 0 Å². The monoisotopic (exact) mass is 326 g/mol. The molecule has 0 radical (unpaired) electrons.